The lowest BCUT2D eigenvalue weighted by Crippen LogP contribution is -1.85. The van der Waals surface area contributed by atoms with Crippen molar-refractivity contribution in [1.29, 1.82) is 5.26 Å². The van der Waals surface area contributed by atoms with Crippen molar-refractivity contribution in [2.24, 2.45) is 0 Å². The van der Waals surface area contributed by atoms with E-state index in [0.29, 0.717) is 6.42 Å². The van der Waals surface area contributed by atoms with Gasteiger partial charge in [-0.15, -0.1) is 0 Å². The number of ether oxygens (including phenoxy) is 1. The Bertz CT molecular complexity index is 271. The summed E-state index contributed by atoms with van der Waals surface area (Å²) < 4.78 is 5.01. The van der Waals surface area contributed by atoms with Gasteiger partial charge in [0.1, 0.15) is 5.75 Å². The highest BCUT2D eigenvalue weighted by Crippen LogP contribution is 2.12. The van der Waals surface area contributed by atoms with E-state index in [1.165, 1.54) is 5.56 Å². The first-order chi connectivity index (χ1) is 5.86. The number of methoxy groups -OCH3 is 1. The van der Waals surface area contributed by atoms with Crippen LogP contribution in [0, 0.1) is 11.3 Å². The van der Waals surface area contributed by atoms with Crippen LogP contribution in [0.1, 0.15) is 12.0 Å². The largest absolute Gasteiger partial charge is 0.497 e. The Hall–Kier alpha value is -1.49. The first kappa shape index (κ1) is 8.61. The molecule has 0 saturated carbocycles. The van der Waals surface area contributed by atoms with Gasteiger partial charge in [-0.05, 0) is 24.1 Å². The quantitative estimate of drug-likeness (QED) is 0.680. The normalized spacial score (nSPS) is 9.00. The molecular formula is C10H11NO. The van der Waals surface area contributed by atoms with E-state index in [4.69, 9.17) is 10.00 Å². The zero-order valence-electron chi connectivity index (χ0n) is 7.08. The fraction of sp³-hybridized carbons (Fsp3) is 0.300. The molecule has 0 aromatic heterocycles. The van der Waals surface area contributed by atoms with E-state index in [-0.39, 0.29) is 0 Å². The van der Waals surface area contributed by atoms with E-state index < -0.39 is 0 Å². The van der Waals surface area contributed by atoms with Crippen LogP contribution >= 0.6 is 0 Å². The lowest BCUT2D eigenvalue weighted by Gasteiger charge is -2.00. The molecule has 0 aliphatic rings. The Morgan fingerprint density at radius 1 is 1.33 bits per heavy atom. The fourth-order valence-electron chi connectivity index (χ4n) is 0.992. The minimum atomic E-state index is 0.576. The molecule has 0 heterocycles. The van der Waals surface area contributed by atoms with E-state index in [2.05, 4.69) is 6.07 Å². The van der Waals surface area contributed by atoms with Crippen LogP contribution in [-0.2, 0) is 6.42 Å². The fourth-order valence-corrected chi connectivity index (χ4v) is 0.992. The molecule has 2 nitrogen and oxygen atoms in total. The molecule has 0 bridgehead atoms. The van der Waals surface area contributed by atoms with Gasteiger partial charge in [0.05, 0.1) is 13.2 Å². The number of hydrogen-bond donors (Lipinski definition) is 0. The van der Waals surface area contributed by atoms with E-state index >= 15 is 0 Å². The molecule has 0 atom stereocenters. The number of rotatable bonds is 3. The number of aryl methyl sites for hydroxylation is 1. The summed E-state index contributed by atoms with van der Waals surface area (Å²) >= 11 is 0. The maximum absolute atomic E-state index is 8.35. The summed E-state index contributed by atoms with van der Waals surface area (Å²) in [6.45, 7) is 0. The van der Waals surface area contributed by atoms with Crippen LogP contribution in [0.2, 0.25) is 0 Å². The maximum atomic E-state index is 8.35. The molecule has 0 aliphatic heterocycles. The van der Waals surface area contributed by atoms with Crippen molar-refractivity contribution >= 4 is 0 Å². The molecule has 1 aromatic rings. The average molecular weight is 161 g/mol. The van der Waals surface area contributed by atoms with E-state index in [9.17, 15) is 0 Å². The van der Waals surface area contributed by atoms with Gasteiger partial charge in [-0.3, -0.25) is 0 Å². The topological polar surface area (TPSA) is 33.0 Å². The zero-order chi connectivity index (χ0) is 8.81. The van der Waals surface area contributed by atoms with Crippen LogP contribution in [0.5, 0.6) is 5.75 Å². The van der Waals surface area contributed by atoms with E-state index in [1.54, 1.807) is 7.11 Å². The average Bonchev–Trinajstić information content (AvgIpc) is 2.15. The summed E-state index contributed by atoms with van der Waals surface area (Å²) in [5, 5.41) is 8.35. The first-order valence-electron chi connectivity index (χ1n) is 3.86. The minimum Gasteiger partial charge on any atom is -0.497 e. The van der Waals surface area contributed by atoms with Gasteiger partial charge in [0.2, 0.25) is 0 Å². The van der Waals surface area contributed by atoms with Gasteiger partial charge < -0.3 is 4.74 Å². The lowest BCUT2D eigenvalue weighted by molar-refractivity contribution is 0.414. The van der Waals surface area contributed by atoms with Crippen molar-refractivity contribution in [3.8, 4) is 11.8 Å². The van der Waals surface area contributed by atoms with Crippen molar-refractivity contribution in [1.82, 2.24) is 0 Å². The standard InChI is InChI=1S/C10H11NO/c1-12-10-6-4-9(5-7-10)3-2-8-11/h4-7H,2-3H2,1H3. The Labute approximate surface area is 72.4 Å². The Morgan fingerprint density at radius 3 is 2.50 bits per heavy atom. The van der Waals surface area contributed by atoms with Crippen molar-refractivity contribution in [3.63, 3.8) is 0 Å². The molecule has 0 amide bonds. The van der Waals surface area contributed by atoms with Gasteiger partial charge in [0, 0.05) is 6.42 Å². The predicted octanol–water partition coefficient (Wildman–Crippen LogP) is 2.15. The second-order valence-corrected chi connectivity index (χ2v) is 2.51. The summed E-state index contributed by atoms with van der Waals surface area (Å²) in [6, 6.07) is 9.90. The second-order valence-electron chi connectivity index (χ2n) is 2.51. The van der Waals surface area contributed by atoms with E-state index in [1.807, 2.05) is 24.3 Å². The van der Waals surface area contributed by atoms with Crippen molar-refractivity contribution in [2.45, 2.75) is 12.8 Å². The molecule has 0 N–H and O–H groups in total. The van der Waals surface area contributed by atoms with Gasteiger partial charge in [-0.2, -0.15) is 5.26 Å². The summed E-state index contributed by atoms with van der Waals surface area (Å²) in [6.07, 6.45) is 1.40. The number of nitriles is 1. The predicted molar refractivity (Wildman–Crippen MR) is 46.9 cm³/mol. The highest BCUT2D eigenvalue weighted by Gasteiger charge is 1.92. The summed E-state index contributed by atoms with van der Waals surface area (Å²) in [7, 11) is 1.64. The zero-order valence-corrected chi connectivity index (χ0v) is 7.08. The second kappa shape index (κ2) is 4.40. The molecule has 12 heavy (non-hydrogen) atoms. The molecule has 0 aliphatic carbocycles. The molecule has 2 heteroatoms. The smallest absolute Gasteiger partial charge is 0.118 e. The summed E-state index contributed by atoms with van der Waals surface area (Å²) in [5.74, 6) is 0.857. The first-order valence-corrected chi connectivity index (χ1v) is 3.86. The molecule has 0 spiro atoms. The molecule has 0 unspecified atom stereocenters. The van der Waals surface area contributed by atoms with E-state index in [0.717, 1.165) is 12.2 Å². The Balaban J connectivity index is 2.60. The van der Waals surface area contributed by atoms with Crippen LogP contribution in [0.3, 0.4) is 0 Å². The Kier molecular flexibility index (Phi) is 3.16. The van der Waals surface area contributed by atoms with Gasteiger partial charge in [-0.1, -0.05) is 12.1 Å². The molecule has 1 aromatic carbocycles. The molecule has 1 rings (SSSR count). The van der Waals surface area contributed by atoms with Crippen LogP contribution in [0.4, 0.5) is 0 Å². The Morgan fingerprint density at radius 2 is 2.00 bits per heavy atom. The van der Waals surface area contributed by atoms with Gasteiger partial charge in [-0.25, -0.2) is 0 Å². The number of benzene rings is 1. The van der Waals surface area contributed by atoms with Crippen molar-refractivity contribution in [2.75, 3.05) is 7.11 Å². The van der Waals surface area contributed by atoms with Crippen molar-refractivity contribution < 1.29 is 4.74 Å². The third-order valence-electron chi connectivity index (χ3n) is 1.68. The summed E-state index contributed by atoms with van der Waals surface area (Å²) in [4.78, 5) is 0. The van der Waals surface area contributed by atoms with Crippen LogP contribution < -0.4 is 4.74 Å². The third kappa shape index (κ3) is 2.28. The number of nitrogens with zero attached hydrogens (tertiary/aromatic N) is 1. The third-order valence-corrected chi connectivity index (χ3v) is 1.68. The highest BCUT2D eigenvalue weighted by atomic mass is 16.5. The lowest BCUT2D eigenvalue weighted by atomic mass is 10.1. The highest BCUT2D eigenvalue weighted by molar-refractivity contribution is 5.27. The van der Waals surface area contributed by atoms with Gasteiger partial charge in [0.15, 0.2) is 0 Å². The van der Waals surface area contributed by atoms with Crippen LogP contribution in [0.25, 0.3) is 0 Å². The molecule has 0 radical (unpaired) electrons. The molecular weight excluding hydrogens is 150 g/mol. The molecule has 0 fully saturated rings. The molecule has 62 valence electrons. The summed E-state index contributed by atoms with van der Waals surface area (Å²) in [5.41, 5.74) is 1.18. The van der Waals surface area contributed by atoms with Gasteiger partial charge >= 0.3 is 0 Å². The minimum absolute atomic E-state index is 0.576. The maximum Gasteiger partial charge on any atom is 0.118 e. The van der Waals surface area contributed by atoms with Crippen LogP contribution in [0.15, 0.2) is 24.3 Å². The van der Waals surface area contributed by atoms with Crippen LogP contribution in [-0.4, -0.2) is 7.11 Å². The molecule has 0 saturated heterocycles. The van der Waals surface area contributed by atoms with Gasteiger partial charge in [0.25, 0.3) is 0 Å². The monoisotopic (exact) mass is 161 g/mol. The van der Waals surface area contributed by atoms with Crippen molar-refractivity contribution in [3.05, 3.63) is 29.8 Å². The SMILES string of the molecule is COc1ccc(CCC#N)cc1. The number of hydrogen-bond acceptors (Lipinski definition) is 2.